The first-order chi connectivity index (χ1) is 13.0. The van der Waals surface area contributed by atoms with Crippen molar-refractivity contribution in [2.45, 2.75) is 41.7 Å². The average molecular weight is 430 g/mol. The third kappa shape index (κ3) is 2.58. The third-order valence-corrected chi connectivity index (χ3v) is 7.99. The summed E-state index contributed by atoms with van der Waals surface area (Å²) >= 11 is 1.20. The fraction of sp³-hybridized carbons (Fsp3) is 0.500. The largest absolute Gasteiger partial charge is 0.480 e. The molecule has 1 aromatic rings. The van der Waals surface area contributed by atoms with Crippen molar-refractivity contribution in [3.8, 4) is 0 Å². The van der Waals surface area contributed by atoms with E-state index in [2.05, 4.69) is 5.32 Å². The number of aliphatic carboxylic acids is 2. The van der Waals surface area contributed by atoms with Crippen molar-refractivity contribution in [1.29, 1.82) is 0 Å². The van der Waals surface area contributed by atoms with Crippen molar-refractivity contribution in [3.63, 3.8) is 0 Å². The number of carboxylic acids is 2. The fourth-order valence-electron chi connectivity index (χ4n) is 3.64. The van der Waals surface area contributed by atoms with Crippen LogP contribution in [0.1, 0.15) is 25.3 Å². The molecule has 28 heavy (non-hydrogen) atoms. The average Bonchev–Trinajstić information content (AvgIpc) is 3.17. The number of nitrogens with zero attached hydrogens (tertiary/aromatic N) is 1. The molecule has 12 heteroatoms. The molecule has 0 aliphatic carbocycles. The van der Waals surface area contributed by atoms with Crippen LogP contribution in [0.25, 0.3) is 0 Å². The Hall–Kier alpha value is -2.31. The van der Waals surface area contributed by atoms with E-state index >= 15 is 0 Å². The molecule has 3 rings (SSSR count). The number of thiophene rings is 1. The van der Waals surface area contributed by atoms with Gasteiger partial charge in [0.25, 0.3) is 11.6 Å². The van der Waals surface area contributed by atoms with Crippen LogP contribution < -0.4 is 5.32 Å². The van der Waals surface area contributed by atoms with Crippen LogP contribution in [0.3, 0.4) is 0 Å². The first-order valence-electron chi connectivity index (χ1n) is 8.09. The first kappa shape index (κ1) is 20.4. The van der Waals surface area contributed by atoms with Gasteiger partial charge in [-0.25, -0.2) is 4.79 Å². The number of carbonyl (C=O) groups is 4. The molecule has 2 unspecified atom stereocenters. The molecule has 2 aliphatic rings. The van der Waals surface area contributed by atoms with Crippen LogP contribution >= 0.6 is 11.3 Å². The van der Waals surface area contributed by atoms with Crippen LogP contribution in [0.4, 0.5) is 0 Å². The topological polar surface area (TPSA) is 150 Å². The second kappa shape index (κ2) is 6.64. The van der Waals surface area contributed by atoms with E-state index in [1.807, 2.05) is 0 Å². The summed E-state index contributed by atoms with van der Waals surface area (Å²) < 4.78 is 16.9. The molecule has 0 saturated carbocycles. The fourth-order valence-corrected chi connectivity index (χ4v) is 6.32. The van der Waals surface area contributed by atoms with Gasteiger partial charge in [0.15, 0.2) is 11.3 Å². The normalized spacial score (nSPS) is 31.6. The van der Waals surface area contributed by atoms with E-state index in [1.54, 1.807) is 5.38 Å². The third-order valence-electron chi connectivity index (χ3n) is 5.06. The van der Waals surface area contributed by atoms with Gasteiger partial charge in [0.2, 0.25) is 5.91 Å². The zero-order chi connectivity index (χ0) is 21.0. The van der Waals surface area contributed by atoms with Crippen LogP contribution in [0, 0.1) is 0 Å². The zero-order valence-corrected chi connectivity index (χ0v) is 16.7. The van der Waals surface area contributed by atoms with Crippen molar-refractivity contribution in [2.24, 2.45) is 0 Å². The molecule has 152 valence electrons. The van der Waals surface area contributed by atoms with Crippen molar-refractivity contribution in [2.75, 3.05) is 7.11 Å². The molecule has 2 aliphatic heterocycles. The van der Waals surface area contributed by atoms with E-state index in [0.29, 0.717) is 0 Å². The van der Waals surface area contributed by atoms with Crippen LogP contribution in [0.5, 0.6) is 0 Å². The van der Waals surface area contributed by atoms with E-state index < -0.39 is 62.4 Å². The van der Waals surface area contributed by atoms with Gasteiger partial charge >= 0.3 is 11.9 Å². The lowest BCUT2D eigenvalue weighted by Crippen LogP contribution is -2.81. The van der Waals surface area contributed by atoms with Crippen LogP contribution in [-0.4, -0.2) is 72.1 Å². The summed E-state index contributed by atoms with van der Waals surface area (Å²) in [4.78, 5) is 49.7. The van der Waals surface area contributed by atoms with Gasteiger partial charge in [0.1, 0.15) is 6.04 Å². The van der Waals surface area contributed by atoms with Crippen LogP contribution in [0.2, 0.25) is 0 Å². The van der Waals surface area contributed by atoms with Crippen molar-refractivity contribution < 1.29 is 38.3 Å². The predicted octanol–water partition coefficient (Wildman–Crippen LogP) is -0.462. The zero-order valence-electron chi connectivity index (χ0n) is 15.1. The maximum atomic E-state index is 12.9. The van der Waals surface area contributed by atoms with Crippen molar-refractivity contribution >= 4 is 45.9 Å². The van der Waals surface area contributed by atoms with Crippen molar-refractivity contribution in [1.82, 2.24) is 10.2 Å². The Balaban J connectivity index is 1.96. The van der Waals surface area contributed by atoms with Gasteiger partial charge in [-0.15, -0.1) is 0 Å². The number of fused-ring (bicyclic) bond motifs is 1. The first-order valence-corrected chi connectivity index (χ1v) is 10.2. The number of nitrogens with one attached hydrogen (secondary N) is 1. The summed E-state index contributed by atoms with van der Waals surface area (Å²) in [6, 6.07) is 0.104. The minimum Gasteiger partial charge on any atom is -0.480 e. The van der Waals surface area contributed by atoms with Gasteiger partial charge in [0, 0.05) is 7.11 Å². The number of hydrogen-bond acceptors (Lipinski definition) is 7. The molecule has 3 N–H and O–H groups in total. The minimum atomic E-state index is -2.09. The van der Waals surface area contributed by atoms with Crippen molar-refractivity contribution in [3.05, 3.63) is 22.4 Å². The lowest BCUT2D eigenvalue weighted by molar-refractivity contribution is -0.201. The SMILES string of the molecule is CO[C@@]1(NC(=O)C(C(=O)O)c2ccsc2)C(=O)N2[C@@H](C(=O)O)C(C)(C)S(=O)[C@@H]21. The summed E-state index contributed by atoms with van der Waals surface area (Å²) in [6.45, 7) is 2.89. The number of methoxy groups -OCH3 is 1. The molecule has 2 saturated heterocycles. The summed E-state index contributed by atoms with van der Waals surface area (Å²) in [7, 11) is -0.794. The van der Waals surface area contributed by atoms with Gasteiger partial charge in [-0.2, -0.15) is 11.3 Å². The second-order valence-corrected chi connectivity index (χ2v) is 9.84. The van der Waals surface area contributed by atoms with Gasteiger partial charge < -0.3 is 25.2 Å². The van der Waals surface area contributed by atoms with E-state index in [4.69, 9.17) is 4.74 Å². The van der Waals surface area contributed by atoms with Crippen LogP contribution in [0.15, 0.2) is 16.8 Å². The highest BCUT2D eigenvalue weighted by Gasteiger charge is 2.76. The highest BCUT2D eigenvalue weighted by atomic mass is 32.2. The molecule has 0 radical (unpaired) electrons. The Bertz CT molecular complexity index is 883. The number of amides is 2. The van der Waals surface area contributed by atoms with E-state index in [-0.39, 0.29) is 5.56 Å². The molecule has 2 amide bonds. The summed E-state index contributed by atoms with van der Waals surface area (Å²) in [5, 5.41) is 23.1. The van der Waals surface area contributed by atoms with E-state index in [9.17, 15) is 33.6 Å². The number of ether oxygens (including phenoxy) is 1. The minimum absolute atomic E-state index is 0.223. The van der Waals surface area contributed by atoms with Gasteiger partial charge in [-0.05, 0) is 36.2 Å². The molecular weight excluding hydrogens is 412 g/mol. The second-order valence-electron chi connectivity index (χ2n) is 6.96. The monoisotopic (exact) mass is 430 g/mol. The molecule has 0 spiro atoms. The molecular formula is C16H18N2O8S2. The number of carboxylic acid groups (broad SMARTS) is 2. The van der Waals surface area contributed by atoms with Gasteiger partial charge in [-0.1, -0.05) is 0 Å². The Kier molecular flexibility index (Phi) is 4.84. The Morgan fingerprint density at radius 3 is 2.46 bits per heavy atom. The highest BCUT2D eigenvalue weighted by Crippen LogP contribution is 2.48. The molecule has 5 atom stereocenters. The van der Waals surface area contributed by atoms with E-state index in [0.717, 1.165) is 12.0 Å². The molecule has 1 aromatic heterocycles. The molecule has 0 bridgehead atoms. The molecule has 0 aromatic carbocycles. The highest BCUT2D eigenvalue weighted by molar-refractivity contribution is 7.87. The molecule has 10 nitrogen and oxygen atoms in total. The van der Waals surface area contributed by atoms with Gasteiger partial charge in [-0.3, -0.25) is 18.6 Å². The number of carbonyl (C=O) groups excluding carboxylic acids is 2. The Morgan fingerprint density at radius 2 is 2.00 bits per heavy atom. The maximum Gasteiger partial charge on any atom is 0.328 e. The number of hydrogen-bond donors (Lipinski definition) is 3. The lowest BCUT2D eigenvalue weighted by Gasteiger charge is -2.51. The predicted molar refractivity (Wildman–Crippen MR) is 96.9 cm³/mol. The summed E-state index contributed by atoms with van der Waals surface area (Å²) in [5.41, 5.74) is -1.87. The summed E-state index contributed by atoms with van der Waals surface area (Å²) in [6.07, 6.45) is 0. The molecule has 3 heterocycles. The smallest absolute Gasteiger partial charge is 0.328 e. The lowest BCUT2D eigenvalue weighted by atomic mass is 9.92. The Labute approximate surface area is 165 Å². The summed E-state index contributed by atoms with van der Waals surface area (Å²) in [5.74, 6) is -6.25. The number of rotatable bonds is 6. The van der Waals surface area contributed by atoms with Gasteiger partial charge in [0.05, 0.1) is 15.5 Å². The molecule has 2 fully saturated rings. The van der Waals surface area contributed by atoms with E-state index in [1.165, 1.54) is 36.6 Å². The standard InChI is InChI=1S/C16H18N2O8S2/c1-15(2)9(12(22)23)18-13(24)16(26-3,14(18)28(15)25)17-10(19)8(11(20)21)7-4-5-27-6-7/h4-6,8-9,14H,1-3H3,(H,17,19)(H,20,21)(H,22,23)/t8?,9-,14+,16-,28?/m0/s1. The number of β-lactam (4-membered cyclic amide) rings is 1. The Morgan fingerprint density at radius 1 is 1.36 bits per heavy atom. The quantitative estimate of drug-likeness (QED) is 0.312. The van der Waals surface area contributed by atoms with Crippen LogP contribution in [-0.2, 0) is 34.7 Å². The maximum absolute atomic E-state index is 12.9.